The normalized spacial score (nSPS) is 14.2. The highest BCUT2D eigenvalue weighted by Gasteiger charge is 2.09. The molecule has 4 nitrogen and oxygen atoms in total. The molecular weight excluding hydrogens is 331 g/mol. The van der Waals surface area contributed by atoms with Crippen molar-refractivity contribution in [3.63, 3.8) is 0 Å². The van der Waals surface area contributed by atoms with Crippen molar-refractivity contribution in [3.8, 4) is 11.5 Å². The Hall–Kier alpha value is -0.530. The summed E-state index contributed by atoms with van der Waals surface area (Å²) in [4.78, 5) is 0. The van der Waals surface area contributed by atoms with E-state index in [-0.39, 0.29) is 12.1 Å². The molecule has 0 fully saturated rings. The average molecular weight is 350 g/mol. The molecule has 0 aliphatic heterocycles. The zero-order valence-corrected chi connectivity index (χ0v) is 12.3. The predicted molar refractivity (Wildman–Crippen MR) is 77.4 cm³/mol. The minimum absolute atomic E-state index is 0.0134. The summed E-state index contributed by atoms with van der Waals surface area (Å²) in [6.07, 6.45) is 0. The van der Waals surface area contributed by atoms with Crippen molar-refractivity contribution >= 4 is 22.6 Å². The molecule has 1 rings (SSSR count). The van der Waals surface area contributed by atoms with E-state index in [0.717, 1.165) is 15.1 Å². The Bertz CT molecular complexity index is 326. The predicted octanol–water partition coefficient (Wildman–Crippen LogP) is 1.74. The van der Waals surface area contributed by atoms with Crippen LogP contribution in [0.3, 0.4) is 0 Å². The van der Waals surface area contributed by atoms with E-state index in [1.165, 1.54) is 0 Å². The largest absolute Gasteiger partial charge is 0.491 e. The third kappa shape index (κ3) is 5.10. The summed E-state index contributed by atoms with van der Waals surface area (Å²) in [5.74, 6) is 1.59. The van der Waals surface area contributed by atoms with E-state index in [1.54, 1.807) is 0 Å². The molecule has 96 valence electrons. The van der Waals surface area contributed by atoms with Gasteiger partial charge in [0.2, 0.25) is 0 Å². The molecule has 1 aromatic carbocycles. The Balaban J connectivity index is 2.69. The summed E-state index contributed by atoms with van der Waals surface area (Å²) in [5, 5.41) is 0. The van der Waals surface area contributed by atoms with Crippen molar-refractivity contribution in [1.29, 1.82) is 0 Å². The van der Waals surface area contributed by atoms with Crippen LogP contribution in [-0.2, 0) is 0 Å². The highest BCUT2D eigenvalue weighted by Crippen LogP contribution is 2.30. The molecule has 2 atom stereocenters. The molecule has 0 bridgehead atoms. The van der Waals surface area contributed by atoms with Gasteiger partial charge in [-0.1, -0.05) is 6.07 Å². The van der Waals surface area contributed by atoms with Gasteiger partial charge in [0.1, 0.15) is 24.7 Å². The first-order chi connectivity index (χ1) is 8.00. The maximum atomic E-state index is 5.65. The number of nitrogens with two attached hydrogens (primary N) is 2. The topological polar surface area (TPSA) is 70.5 Å². The van der Waals surface area contributed by atoms with Gasteiger partial charge in [-0.2, -0.15) is 0 Å². The number of ether oxygens (including phenoxy) is 2. The van der Waals surface area contributed by atoms with E-state index in [2.05, 4.69) is 22.6 Å². The summed E-state index contributed by atoms with van der Waals surface area (Å²) in [6.45, 7) is 4.80. The van der Waals surface area contributed by atoms with Gasteiger partial charge < -0.3 is 20.9 Å². The van der Waals surface area contributed by atoms with E-state index in [4.69, 9.17) is 20.9 Å². The van der Waals surface area contributed by atoms with Crippen LogP contribution in [0.2, 0.25) is 0 Å². The van der Waals surface area contributed by atoms with Crippen LogP contribution in [0.25, 0.3) is 0 Å². The molecule has 0 aliphatic carbocycles. The lowest BCUT2D eigenvalue weighted by atomic mass is 10.3. The zero-order valence-electron chi connectivity index (χ0n) is 10.2. The minimum atomic E-state index is 0.0134. The molecule has 1 aromatic rings. The van der Waals surface area contributed by atoms with Crippen molar-refractivity contribution in [3.05, 3.63) is 21.8 Å². The van der Waals surface area contributed by atoms with E-state index >= 15 is 0 Å². The molecule has 0 saturated heterocycles. The summed E-state index contributed by atoms with van der Waals surface area (Å²) in [7, 11) is 0. The first-order valence-corrected chi connectivity index (χ1v) is 6.64. The maximum absolute atomic E-state index is 5.65. The third-order valence-corrected chi connectivity index (χ3v) is 2.99. The number of halogens is 1. The second-order valence-corrected chi connectivity index (χ2v) is 5.22. The van der Waals surface area contributed by atoms with Crippen molar-refractivity contribution in [1.82, 2.24) is 0 Å². The molecule has 0 unspecified atom stereocenters. The summed E-state index contributed by atoms with van der Waals surface area (Å²) >= 11 is 2.20. The number of benzene rings is 1. The van der Waals surface area contributed by atoms with Crippen LogP contribution in [-0.4, -0.2) is 25.3 Å². The number of hydrogen-bond acceptors (Lipinski definition) is 4. The summed E-state index contributed by atoms with van der Waals surface area (Å²) < 4.78 is 12.2. The molecule has 0 amide bonds. The van der Waals surface area contributed by atoms with Crippen LogP contribution in [0.5, 0.6) is 11.5 Å². The molecule has 0 radical (unpaired) electrons. The Morgan fingerprint density at radius 2 is 1.47 bits per heavy atom. The van der Waals surface area contributed by atoms with Crippen LogP contribution < -0.4 is 20.9 Å². The molecule has 5 heteroatoms. The molecule has 4 N–H and O–H groups in total. The fourth-order valence-corrected chi connectivity index (χ4v) is 1.83. The number of rotatable bonds is 6. The second-order valence-electron chi connectivity index (χ2n) is 4.14. The molecule has 0 aromatic heterocycles. The lowest BCUT2D eigenvalue weighted by molar-refractivity contribution is 0.278. The van der Waals surface area contributed by atoms with Gasteiger partial charge in [-0.25, -0.2) is 0 Å². The highest BCUT2D eigenvalue weighted by atomic mass is 127. The van der Waals surface area contributed by atoms with Gasteiger partial charge in [0.05, 0.1) is 3.57 Å². The Morgan fingerprint density at radius 3 is 1.82 bits per heavy atom. The van der Waals surface area contributed by atoms with Gasteiger partial charge in [-0.3, -0.25) is 0 Å². The number of hydrogen-bond donors (Lipinski definition) is 2. The Labute approximate surface area is 116 Å². The lowest BCUT2D eigenvalue weighted by Gasteiger charge is -2.14. The van der Waals surface area contributed by atoms with Crippen LogP contribution in [0, 0.1) is 3.57 Å². The van der Waals surface area contributed by atoms with Crippen molar-refractivity contribution < 1.29 is 9.47 Å². The SMILES string of the molecule is C[C@H](N)COc1cccc(OC[C@H](C)N)c1I. The lowest BCUT2D eigenvalue weighted by Crippen LogP contribution is -2.24. The molecular formula is C12H19IN2O2. The monoisotopic (exact) mass is 350 g/mol. The van der Waals surface area contributed by atoms with E-state index < -0.39 is 0 Å². The van der Waals surface area contributed by atoms with E-state index in [9.17, 15) is 0 Å². The van der Waals surface area contributed by atoms with Crippen molar-refractivity contribution in [2.45, 2.75) is 25.9 Å². The fourth-order valence-electron chi connectivity index (χ4n) is 1.16. The highest BCUT2D eigenvalue weighted by molar-refractivity contribution is 14.1. The quantitative estimate of drug-likeness (QED) is 0.767. The van der Waals surface area contributed by atoms with E-state index in [1.807, 2.05) is 32.0 Å². The van der Waals surface area contributed by atoms with Gasteiger partial charge >= 0.3 is 0 Å². The first-order valence-electron chi connectivity index (χ1n) is 5.56. The minimum Gasteiger partial charge on any atom is -0.491 e. The average Bonchev–Trinajstić information content (AvgIpc) is 2.25. The molecule has 0 saturated carbocycles. The van der Waals surface area contributed by atoms with Gasteiger partial charge in [0.15, 0.2) is 0 Å². The fraction of sp³-hybridized carbons (Fsp3) is 0.500. The van der Waals surface area contributed by atoms with Gasteiger partial charge in [-0.15, -0.1) is 0 Å². The maximum Gasteiger partial charge on any atom is 0.136 e. The van der Waals surface area contributed by atoms with Gasteiger partial charge in [0.25, 0.3) is 0 Å². The zero-order chi connectivity index (χ0) is 12.8. The molecule has 0 aliphatic rings. The summed E-state index contributed by atoms with van der Waals surface area (Å²) in [6, 6.07) is 5.74. The standard InChI is InChI=1S/C12H19IN2O2/c1-8(14)6-16-10-4-3-5-11(12(10)13)17-7-9(2)15/h3-5,8-9H,6-7,14-15H2,1-2H3/t8-,9-/m0/s1. The third-order valence-electron chi connectivity index (χ3n) is 1.93. The van der Waals surface area contributed by atoms with Crippen LogP contribution >= 0.6 is 22.6 Å². The van der Waals surface area contributed by atoms with Crippen molar-refractivity contribution in [2.24, 2.45) is 11.5 Å². The van der Waals surface area contributed by atoms with Gasteiger partial charge in [0, 0.05) is 12.1 Å². The molecule has 0 heterocycles. The second kappa shape index (κ2) is 7.03. The molecule has 17 heavy (non-hydrogen) atoms. The van der Waals surface area contributed by atoms with Crippen LogP contribution in [0.1, 0.15) is 13.8 Å². The van der Waals surface area contributed by atoms with Gasteiger partial charge in [-0.05, 0) is 48.6 Å². The van der Waals surface area contributed by atoms with Crippen LogP contribution in [0.15, 0.2) is 18.2 Å². The van der Waals surface area contributed by atoms with Crippen LogP contribution in [0.4, 0.5) is 0 Å². The van der Waals surface area contributed by atoms with E-state index in [0.29, 0.717) is 13.2 Å². The molecule has 0 spiro atoms. The Kier molecular flexibility index (Phi) is 6.01. The van der Waals surface area contributed by atoms with Crippen molar-refractivity contribution in [2.75, 3.05) is 13.2 Å². The smallest absolute Gasteiger partial charge is 0.136 e. The summed E-state index contributed by atoms with van der Waals surface area (Å²) in [5.41, 5.74) is 11.3. The Morgan fingerprint density at radius 1 is 1.06 bits per heavy atom. The first kappa shape index (κ1) is 14.5.